The Balaban J connectivity index is 1.19. The number of hydrogen-bond donors (Lipinski definition) is 0. The molecule has 52 heavy (non-hydrogen) atoms. The molecule has 0 radical (unpaired) electrons. The van der Waals surface area contributed by atoms with Crippen LogP contribution in [0, 0.1) is 0 Å². The van der Waals surface area contributed by atoms with E-state index in [0.29, 0.717) is 0 Å². The lowest BCUT2D eigenvalue weighted by Gasteiger charge is -2.29. The molecule has 0 aliphatic rings. The Labute approximate surface area is 303 Å². The summed E-state index contributed by atoms with van der Waals surface area (Å²) in [6, 6.07) is 74.8. The van der Waals surface area contributed by atoms with Gasteiger partial charge in [-0.1, -0.05) is 152 Å². The summed E-state index contributed by atoms with van der Waals surface area (Å²) < 4.78 is 2.38. The molecule has 1 aromatic heterocycles. The first-order valence-electron chi connectivity index (χ1n) is 17.9. The van der Waals surface area contributed by atoms with Gasteiger partial charge >= 0.3 is 0 Å². The third kappa shape index (κ3) is 4.96. The number of nitrogens with zero attached hydrogens (tertiary/aromatic N) is 2. The van der Waals surface area contributed by atoms with E-state index in [-0.39, 0.29) is 0 Å². The molecule has 0 spiro atoms. The van der Waals surface area contributed by atoms with Crippen LogP contribution in [0.4, 0.5) is 17.1 Å². The molecule has 0 N–H and O–H groups in total. The quantitative estimate of drug-likeness (QED) is 0.172. The molecule has 0 saturated carbocycles. The lowest BCUT2D eigenvalue weighted by atomic mass is 9.92. The van der Waals surface area contributed by atoms with Gasteiger partial charge in [-0.05, 0) is 87.4 Å². The van der Waals surface area contributed by atoms with Crippen molar-refractivity contribution in [1.29, 1.82) is 0 Å². The SMILES string of the molecule is c1ccc(-n2c3ccccc3c3cc(-c4ccccc4-c4ccccc4N(c4ccc5ccccc5c4)c4cccc5ccccc45)ccc32)cc1. The molecule has 1 heterocycles. The molecular formula is C50H34N2. The second-order valence-corrected chi connectivity index (χ2v) is 13.3. The smallest absolute Gasteiger partial charge is 0.0541 e. The maximum atomic E-state index is 2.44. The molecule has 244 valence electrons. The average Bonchev–Trinajstić information content (AvgIpc) is 3.55. The van der Waals surface area contributed by atoms with Gasteiger partial charge in [-0.25, -0.2) is 0 Å². The van der Waals surface area contributed by atoms with Crippen molar-refractivity contribution in [2.24, 2.45) is 0 Å². The Kier molecular flexibility index (Phi) is 7.18. The van der Waals surface area contributed by atoms with E-state index in [0.717, 1.165) is 22.7 Å². The van der Waals surface area contributed by atoms with Crippen LogP contribution in [0.3, 0.4) is 0 Å². The van der Waals surface area contributed by atoms with Gasteiger partial charge in [-0.3, -0.25) is 0 Å². The number of fused-ring (bicyclic) bond motifs is 5. The standard InChI is InChI=1S/C50H34N2/c1-2-19-39(20-3-1)51-49-27-13-11-25-45(49)46-34-38(30-32-50(46)51)41-21-8-9-23-43(41)44-24-10-12-26-48(44)52(40-31-29-35-15-4-5-17-37(35)33-40)47-28-14-18-36-16-6-7-22-42(36)47/h1-34H. The van der Waals surface area contributed by atoms with E-state index in [9.17, 15) is 0 Å². The molecule has 0 aliphatic heterocycles. The van der Waals surface area contributed by atoms with Crippen molar-refractivity contribution in [3.63, 3.8) is 0 Å². The van der Waals surface area contributed by atoms with E-state index in [2.05, 4.69) is 216 Å². The zero-order chi connectivity index (χ0) is 34.4. The molecular weight excluding hydrogens is 629 g/mol. The minimum absolute atomic E-state index is 1.12. The Morgan fingerprint density at radius 3 is 1.81 bits per heavy atom. The van der Waals surface area contributed by atoms with E-state index in [1.807, 2.05) is 0 Å². The molecule has 9 aromatic carbocycles. The third-order valence-corrected chi connectivity index (χ3v) is 10.4. The monoisotopic (exact) mass is 662 g/mol. The van der Waals surface area contributed by atoms with Gasteiger partial charge in [0.05, 0.1) is 22.4 Å². The fraction of sp³-hybridized carbons (Fsp3) is 0. The highest BCUT2D eigenvalue weighted by Crippen LogP contribution is 2.46. The molecule has 0 aliphatic carbocycles. The van der Waals surface area contributed by atoms with Gasteiger partial charge in [0.15, 0.2) is 0 Å². The fourth-order valence-electron chi connectivity index (χ4n) is 7.99. The lowest BCUT2D eigenvalue weighted by molar-refractivity contribution is 1.18. The summed E-state index contributed by atoms with van der Waals surface area (Å²) in [7, 11) is 0. The third-order valence-electron chi connectivity index (χ3n) is 10.4. The summed E-state index contributed by atoms with van der Waals surface area (Å²) in [5, 5.41) is 7.36. The number of anilines is 3. The summed E-state index contributed by atoms with van der Waals surface area (Å²) in [5.74, 6) is 0. The van der Waals surface area contributed by atoms with Crippen molar-refractivity contribution in [3.05, 3.63) is 206 Å². The van der Waals surface area contributed by atoms with E-state index in [1.54, 1.807) is 0 Å². The highest BCUT2D eigenvalue weighted by Gasteiger charge is 2.21. The summed E-state index contributed by atoms with van der Waals surface area (Å²) in [4.78, 5) is 2.44. The first kappa shape index (κ1) is 30.0. The first-order chi connectivity index (χ1) is 25.8. The minimum Gasteiger partial charge on any atom is -0.309 e. The van der Waals surface area contributed by atoms with Crippen LogP contribution in [0.5, 0.6) is 0 Å². The van der Waals surface area contributed by atoms with Crippen molar-refractivity contribution in [2.45, 2.75) is 0 Å². The van der Waals surface area contributed by atoms with Gasteiger partial charge in [-0.15, -0.1) is 0 Å². The minimum atomic E-state index is 1.12. The summed E-state index contributed by atoms with van der Waals surface area (Å²) in [6.07, 6.45) is 0. The Bertz CT molecular complexity index is 2910. The maximum Gasteiger partial charge on any atom is 0.0541 e. The molecule has 0 atom stereocenters. The highest BCUT2D eigenvalue weighted by molar-refractivity contribution is 6.11. The Morgan fingerprint density at radius 2 is 0.942 bits per heavy atom. The van der Waals surface area contributed by atoms with Gasteiger partial charge in [0.2, 0.25) is 0 Å². The largest absolute Gasteiger partial charge is 0.309 e. The van der Waals surface area contributed by atoms with Crippen LogP contribution in [-0.2, 0) is 0 Å². The van der Waals surface area contributed by atoms with Gasteiger partial charge in [0.1, 0.15) is 0 Å². The zero-order valence-corrected chi connectivity index (χ0v) is 28.5. The summed E-state index contributed by atoms with van der Waals surface area (Å²) >= 11 is 0. The number of aromatic nitrogens is 1. The lowest BCUT2D eigenvalue weighted by Crippen LogP contribution is -2.12. The van der Waals surface area contributed by atoms with Crippen LogP contribution in [0.15, 0.2) is 206 Å². The summed E-state index contributed by atoms with van der Waals surface area (Å²) in [5.41, 5.74) is 11.7. The van der Waals surface area contributed by atoms with E-state index in [1.165, 1.54) is 65.6 Å². The highest BCUT2D eigenvalue weighted by atomic mass is 15.1. The molecule has 0 saturated heterocycles. The second kappa shape index (κ2) is 12.5. The molecule has 2 heteroatoms. The van der Waals surface area contributed by atoms with Gasteiger partial charge < -0.3 is 9.47 Å². The molecule has 10 rings (SSSR count). The van der Waals surface area contributed by atoms with Crippen molar-refractivity contribution in [2.75, 3.05) is 4.90 Å². The van der Waals surface area contributed by atoms with E-state index < -0.39 is 0 Å². The van der Waals surface area contributed by atoms with E-state index >= 15 is 0 Å². The summed E-state index contributed by atoms with van der Waals surface area (Å²) in [6.45, 7) is 0. The molecule has 0 unspecified atom stereocenters. The van der Waals surface area contributed by atoms with Crippen molar-refractivity contribution in [1.82, 2.24) is 4.57 Å². The van der Waals surface area contributed by atoms with Crippen molar-refractivity contribution >= 4 is 60.4 Å². The predicted molar refractivity (Wildman–Crippen MR) is 221 cm³/mol. The average molecular weight is 663 g/mol. The van der Waals surface area contributed by atoms with Crippen LogP contribution in [0.1, 0.15) is 0 Å². The predicted octanol–water partition coefficient (Wildman–Crippen LogP) is 13.9. The van der Waals surface area contributed by atoms with Gasteiger partial charge in [0.25, 0.3) is 0 Å². The Morgan fingerprint density at radius 1 is 0.327 bits per heavy atom. The van der Waals surface area contributed by atoms with Crippen LogP contribution >= 0.6 is 0 Å². The van der Waals surface area contributed by atoms with Crippen LogP contribution < -0.4 is 4.90 Å². The van der Waals surface area contributed by atoms with Gasteiger partial charge in [0, 0.05) is 33.1 Å². The Hall–Kier alpha value is -6.90. The molecule has 2 nitrogen and oxygen atoms in total. The number of hydrogen-bond acceptors (Lipinski definition) is 1. The van der Waals surface area contributed by atoms with Crippen LogP contribution in [0.25, 0.3) is 71.3 Å². The van der Waals surface area contributed by atoms with Gasteiger partial charge in [-0.2, -0.15) is 0 Å². The number of rotatable bonds is 6. The molecule has 0 bridgehead atoms. The van der Waals surface area contributed by atoms with Crippen LogP contribution in [-0.4, -0.2) is 4.57 Å². The fourth-order valence-corrected chi connectivity index (χ4v) is 7.99. The molecule has 0 fully saturated rings. The second-order valence-electron chi connectivity index (χ2n) is 13.3. The molecule has 10 aromatic rings. The first-order valence-corrected chi connectivity index (χ1v) is 17.9. The van der Waals surface area contributed by atoms with Crippen molar-refractivity contribution < 1.29 is 0 Å². The zero-order valence-electron chi connectivity index (χ0n) is 28.5. The number of para-hydroxylation sites is 3. The van der Waals surface area contributed by atoms with E-state index in [4.69, 9.17) is 0 Å². The topological polar surface area (TPSA) is 8.17 Å². The maximum absolute atomic E-state index is 2.44. The number of benzene rings is 9. The molecule has 0 amide bonds. The van der Waals surface area contributed by atoms with Crippen molar-refractivity contribution in [3.8, 4) is 27.9 Å². The van der Waals surface area contributed by atoms with Crippen LogP contribution in [0.2, 0.25) is 0 Å². The normalized spacial score (nSPS) is 11.5.